The van der Waals surface area contributed by atoms with Gasteiger partial charge in [0, 0.05) is 12.0 Å². The van der Waals surface area contributed by atoms with Gasteiger partial charge < -0.3 is 10.5 Å². The summed E-state index contributed by atoms with van der Waals surface area (Å²) >= 11 is 1.63. The molecule has 0 spiro atoms. The molecule has 0 saturated heterocycles. The molecule has 2 rings (SSSR count). The standard InChI is InChI=1S/C12H17N3OS/c1-5-12(3,16-4)11-14-9(13)8-6-7(2)17-10(8)15-11/h6H,5H2,1-4H3,(H2,13,14,15). The summed E-state index contributed by atoms with van der Waals surface area (Å²) in [6.45, 7) is 6.07. The summed E-state index contributed by atoms with van der Waals surface area (Å²) in [7, 11) is 1.67. The zero-order chi connectivity index (χ0) is 12.6. The number of nitrogens with two attached hydrogens (primary N) is 1. The molecule has 2 N–H and O–H groups in total. The maximum Gasteiger partial charge on any atom is 0.163 e. The Morgan fingerprint density at radius 2 is 2.18 bits per heavy atom. The lowest BCUT2D eigenvalue weighted by Gasteiger charge is -2.24. The number of nitrogens with zero attached hydrogens (tertiary/aromatic N) is 2. The van der Waals surface area contributed by atoms with Gasteiger partial charge in [0.05, 0.1) is 5.39 Å². The minimum Gasteiger partial charge on any atom is -0.383 e. The first-order chi connectivity index (χ1) is 8.00. The smallest absolute Gasteiger partial charge is 0.163 e. The van der Waals surface area contributed by atoms with Crippen LogP contribution in [-0.4, -0.2) is 17.1 Å². The first-order valence-electron chi connectivity index (χ1n) is 5.59. The average molecular weight is 251 g/mol. The lowest BCUT2D eigenvalue weighted by Crippen LogP contribution is -2.26. The van der Waals surface area contributed by atoms with Crippen molar-refractivity contribution in [3.05, 3.63) is 16.8 Å². The summed E-state index contributed by atoms with van der Waals surface area (Å²) in [6, 6.07) is 2.02. The van der Waals surface area contributed by atoms with E-state index in [1.165, 1.54) is 4.88 Å². The first kappa shape index (κ1) is 12.3. The van der Waals surface area contributed by atoms with Gasteiger partial charge in [-0.2, -0.15) is 0 Å². The van der Waals surface area contributed by atoms with Crippen molar-refractivity contribution in [3.63, 3.8) is 0 Å². The Bertz CT molecular complexity index is 546. The van der Waals surface area contributed by atoms with Crippen LogP contribution in [0.4, 0.5) is 5.82 Å². The van der Waals surface area contributed by atoms with Crippen molar-refractivity contribution in [2.45, 2.75) is 32.8 Å². The summed E-state index contributed by atoms with van der Waals surface area (Å²) in [5, 5.41) is 0.936. The number of ether oxygens (including phenoxy) is 1. The van der Waals surface area contributed by atoms with Crippen molar-refractivity contribution in [3.8, 4) is 0 Å². The van der Waals surface area contributed by atoms with E-state index >= 15 is 0 Å². The van der Waals surface area contributed by atoms with Gasteiger partial charge in [-0.25, -0.2) is 9.97 Å². The second kappa shape index (κ2) is 4.23. The molecule has 17 heavy (non-hydrogen) atoms. The Balaban J connectivity index is 2.64. The van der Waals surface area contributed by atoms with Crippen LogP contribution in [0.5, 0.6) is 0 Å². The quantitative estimate of drug-likeness (QED) is 0.911. The molecule has 1 unspecified atom stereocenters. The highest BCUT2D eigenvalue weighted by Crippen LogP contribution is 2.31. The zero-order valence-electron chi connectivity index (χ0n) is 10.6. The summed E-state index contributed by atoms with van der Waals surface area (Å²) in [5.41, 5.74) is 5.50. The molecule has 1 atom stereocenters. The van der Waals surface area contributed by atoms with E-state index in [-0.39, 0.29) is 0 Å². The maximum absolute atomic E-state index is 5.98. The minimum absolute atomic E-state index is 0.472. The van der Waals surface area contributed by atoms with Crippen LogP contribution in [0.1, 0.15) is 31.0 Å². The van der Waals surface area contributed by atoms with E-state index in [1.54, 1.807) is 18.4 Å². The van der Waals surface area contributed by atoms with E-state index in [2.05, 4.69) is 9.97 Å². The molecule has 2 aromatic rings. The largest absolute Gasteiger partial charge is 0.383 e. The number of aromatic nitrogens is 2. The number of hydrogen-bond acceptors (Lipinski definition) is 5. The highest BCUT2D eigenvalue weighted by molar-refractivity contribution is 7.18. The van der Waals surface area contributed by atoms with E-state index in [1.807, 2.05) is 26.8 Å². The van der Waals surface area contributed by atoms with Gasteiger partial charge in [0.15, 0.2) is 5.82 Å². The second-order valence-corrected chi connectivity index (χ2v) is 5.53. The van der Waals surface area contributed by atoms with Crippen molar-refractivity contribution >= 4 is 27.4 Å². The molecule has 0 bridgehead atoms. The Morgan fingerprint density at radius 1 is 1.47 bits per heavy atom. The van der Waals surface area contributed by atoms with Gasteiger partial charge in [0.25, 0.3) is 0 Å². The number of thiophene rings is 1. The van der Waals surface area contributed by atoms with Crippen molar-refractivity contribution < 1.29 is 4.74 Å². The summed E-state index contributed by atoms with van der Waals surface area (Å²) in [6.07, 6.45) is 0.804. The molecule has 0 amide bonds. The Kier molecular flexibility index (Phi) is 3.05. The number of hydrogen-bond donors (Lipinski definition) is 1. The molecule has 4 nitrogen and oxygen atoms in total. The third kappa shape index (κ3) is 2.00. The van der Waals surface area contributed by atoms with Crippen LogP contribution >= 0.6 is 11.3 Å². The second-order valence-electron chi connectivity index (χ2n) is 4.30. The van der Waals surface area contributed by atoms with Gasteiger partial charge in [-0.05, 0) is 26.3 Å². The van der Waals surface area contributed by atoms with Crippen LogP contribution in [0, 0.1) is 6.92 Å². The molecule has 2 heterocycles. The molecular weight excluding hydrogens is 234 g/mol. The zero-order valence-corrected chi connectivity index (χ0v) is 11.4. The highest BCUT2D eigenvalue weighted by atomic mass is 32.1. The Labute approximate surface area is 105 Å². The number of aryl methyl sites for hydroxylation is 1. The van der Waals surface area contributed by atoms with E-state index < -0.39 is 5.60 Å². The van der Waals surface area contributed by atoms with Gasteiger partial charge in [-0.1, -0.05) is 6.92 Å². The number of anilines is 1. The summed E-state index contributed by atoms with van der Waals surface area (Å²) < 4.78 is 5.51. The molecule has 2 aromatic heterocycles. The van der Waals surface area contributed by atoms with E-state index in [0.29, 0.717) is 11.6 Å². The molecule has 5 heteroatoms. The van der Waals surface area contributed by atoms with Crippen LogP contribution in [0.2, 0.25) is 0 Å². The Morgan fingerprint density at radius 3 is 2.76 bits per heavy atom. The van der Waals surface area contributed by atoms with Gasteiger partial charge in [0.2, 0.25) is 0 Å². The lowest BCUT2D eigenvalue weighted by atomic mass is 10.0. The van der Waals surface area contributed by atoms with Crippen molar-refractivity contribution in [2.75, 3.05) is 12.8 Å². The Hall–Kier alpha value is -1.20. The van der Waals surface area contributed by atoms with E-state index in [9.17, 15) is 0 Å². The van der Waals surface area contributed by atoms with Gasteiger partial charge in [-0.3, -0.25) is 0 Å². The third-order valence-corrected chi connectivity index (χ3v) is 4.09. The molecule has 0 fully saturated rings. The van der Waals surface area contributed by atoms with E-state index in [4.69, 9.17) is 10.5 Å². The van der Waals surface area contributed by atoms with Crippen LogP contribution in [-0.2, 0) is 10.3 Å². The SMILES string of the molecule is CCC(C)(OC)c1nc(N)c2cc(C)sc2n1. The number of methoxy groups -OCH3 is 1. The number of nitrogen functional groups attached to an aromatic ring is 1. The fourth-order valence-corrected chi connectivity index (χ4v) is 2.58. The molecule has 0 aliphatic heterocycles. The van der Waals surface area contributed by atoms with Crippen LogP contribution in [0.15, 0.2) is 6.07 Å². The van der Waals surface area contributed by atoms with Gasteiger partial charge in [-0.15, -0.1) is 11.3 Å². The summed E-state index contributed by atoms with van der Waals surface area (Å²) in [5.74, 6) is 1.19. The predicted octanol–water partition coefficient (Wildman–Crippen LogP) is 2.85. The average Bonchev–Trinajstić information content (AvgIpc) is 2.69. The predicted molar refractivity (Wildman–Crippen MR) is 71.2 cm³/mol. The minimum atomic E-state index is -0.472. The van der Waals surface area contributed by atoms with Gasteiger partial charge in [0.1, 0.15) is 16.2 Å². The normalized spacial score (nSPS) is 15.1. The topological polar surface area (TPSA) is 61.0 Å². The molecule has 0 radical (unpaired) electrons. The fourth-order valence-electron chi connectivity index (χ4n) is 1.69. The summed E-state index contributed by atoms with van der Waals surface area (Å²) in [4.78, 5) is 11.1. The van der Waals surface area contributed by atoms with E-state index in [0.717, 1.165) is 16.6 Å². The highest BCUT2D eigenvalue weighted by Gasteiger charge is 2.28. The van der Waals surface area contributed by atoms with Gasteiger partial charge >= 0.3 is 0 Å². The third-order valence-electron chi connectivity index (χ3n) is 3.14. The first-order valence-corrected chi connectivity index (χ1v) is 6.41. The molecule has 0 aliphatic rings. The maximum atomic E-state index is 5.98. The number of fused-ring (bicyclic) bond motifs is 1. The molecule has 0 aromatic carbocycles. The van der Waals surface area contributed by atoms with Crippen LogP contribution in [0.3, 0.4) is 0 Å². The monoisotopic (exact) mass is 251 g/mol. The van der Waals surface area contributed by atoms with Crippen molar-refractivity contribution in [1.82, 2.24) is 9.97 Å². The molecular formula is C12H17N3OS. The lowest BCUT2D eigenvalue weighted by molar-refractivity contribution is -0.00853. The van der Waals surface area contributed by atoms with Crippen LogP contribution in [0.25, 0.3) is 10.2 Å². The number of rotatable bonds is 3. The van der Waals surface area contributed by atoms with Crippen molar-refractivity contribution in [2.24, 2.45) is 0 Å². The molecule has 0 saturated carbocycles. The fraction of sp³-hybridized carbons (Fsp3) is 0.500. The molecule has 92 valence electrons. The van der Waals surface area contributed by atoms with Crippen molar-refractivity contribution in [1.29, 1.82) is 0 Å². The molecule has 0 aliphatic carbocycles. The van der Waals surface area contributed by atoms with Crippen LogP contribution < -0.4 is 5.73 Å².